The number of carbonyl (C=O) groups is 1. The number of aromatic nitrogens is 3. The molecule has 1 saturated carbocycles. The molecule has 10 heteroatoms. The molecule has 2 aliphatic rings. The Morgan fingerprint density at radius 3 is 2.86 bits per heavy atom. The number of amides is 1. The number of hydrogen-bond donors (Lipinski definition) is 1. The summed E-state index contributed by atoms with van der Waals surface area (Å²) in [6.45, 7) is 6.16. The van der Waals surface area contributed by atoms with Crippen LogP contribution in [0.1, 0.15) is 47.5 Å². The number of nitrogens with one attached hydrogen (secondary N) is 1. The van der Waals surface area contributed by atoms with Crippen molar-refractivity contribution in [3.63, 3.8) is 0 Å². The summed E-state index contributed by atoms with van der Waals surface area (Å²) in [5.74, 6) is 1.02. The lowest BCUT2D eigenvalue weighted by molar-refractivity contribution is 0.0773. The zero-order valence-corrected chi connectivity index (χ0v) is 17.6. The number of carbonyl (C=O) groups excluding carboxylic acids is 1. The predicted octanol–water partition coefficient (Wildman–Crippen LogP) is 1.19. The number of fused-ring (bicyclic) bond motifs is 1. The molecule has 9 nitrogen and oxygen atoms in total. The van der Waals surface area contributed by atoms with Crippen LogP contribution in [-0.2, 0) is 15.4 Å². The quantitative estimate of drug-likeness (QED) is 0.773. The van der Waals surface area contributed by atoms with Crippen LogP contribution in [0.2, 0.25) is 0 Å². The minimum Gasteiger partial charge on any atom is -0.339 e. The van der Waals surface area contributed by atoms with E-state index in [1.807, 2.05) is 11.8 Å². The number of hydrogen-bond acceptors (Lipinski definition) is 7. The highest BCUT2D eigenvalue weighted by molar-refractivity contribution is 7.89. The Balaban J connectivity index is 1.62. The number of rotatable bonds is 5. The van der Waals surface area contributed by atoms with E-state index in [1.54, 1.807) is 32.2 Å². The van der Waals surface area contributed by atoms with Crippen LogP contribution < -0.4 is 4.72 Å². The van der Waals surface area contributed by atoms with Gasteiger partial charge in [0.1, 0.15) is 0 Å². The van der Waals surface area contributed by atoms with E-state index in [9.17, 15) is 13.2 Å². The molecule has 2 aromatic rings. The van der Waals surface area contributed by atoms with Crippen LogP contribution in [0, 0.1) is 19.8 Å². The maximum absolute atomic E-state index is 13.1. The van der Waals surface area contributed by atoms with Gasteiger partial charge in [0.2, 0.25) is 15.9 Å². The predicted molar refractivity (Wildman–Crippen MR) is 105 cm³/mol. The van der Waals surface area contributed by atoms with Gasteiger partial charge in [-0.25, -0.2) is 13.1 Å². The van der Waals surface area contributed by atoms with Gasteiger partial charge >= 0.3 is 0 Å². The van der Waals surface area contributed by atoms with Gasteiger partial charge in [-0.05, 0) is 51.7 Å². The van der Waals surface area contributed by atoms with Crippen LogP contribution in [0.25, 0.3) is 0 Å². The molecule has 1 aliphatic carbocycles. The molecule has 2 fully saturated rings. The van der Waals surface area contributed by atoms with Crippen LogP contribution in [0.15, 0.2) is 22.9 Å². The second-order valence-electron chi connectivity index (χ2n) is 8.03. The van der Waals surface area contributed by atoms with Crippen molar-refractivity contribution in [1.29, 1.82) is 0 Å². The highest BCUT2D eigenvalue weighted by Gasteiger charge is 2.58. The lowest BCUT2D eigenvalue weighted by Gasteiger charge is -2.25. The molecule has 0 radical (unpaired) electrons. The zero-order valence-electron chi connectivity index (χ0n) is 16.8. The first-order valence-corrected chi connectivity index (χ1v) is 11.4. The average Bonchev–Trinajstić information content (AvgIpc) is 3.33. The first-order chi connectivity index (χ1) is 13.7. The highest BCUT2D eigenvalue weighted by atomic mass is 32.2. The largest absolute Gasteiger partial charge is 0.339 e. The first kappa shape index (κ1) is 20.0. The molecule has 1 N–H and O–H groups in total. The maximum atomic E-state index is 13.1. The van der Waals surface area contributed by atoms with Gasteiger partial charge in [-0.3, -0.25) is 9.78 Å². The number of sulfonamides is 1. The maximum Gasteiger partial charge on any atom is 0.254 e. The molecule has 2 aromatic heterocycles. The molecule has 1 saturated heterocycles. The number of nitrogens with zero attached hydrogens (tertiary/aromatic N) is 4. The van der Waals surface area contributed by atoms with Gasteiger partial charge < -0.3 is 9.42 Å². The average molecular weight is 420 g/mol. The summed E-state index contributed by atoms with van der Waals surface area (Å²) in [5, 5.41) is 3.94. The molecule has 0 aromatic carbocycles. The van der Waals surface area contributed by atoms with Crippen LogP contribution in [0.5, 0.6) is 0 Å². The third-order valence-electron chi connectivity index (χ3n) is 5.99. The molecular formula is C19H25N5O4S. The van der Waals surface area contributed by atoms with Crippen LogP contribution in [-0.4, -0.2) is 59.2 Å². The van der Waals surface area contributed by atoms with Crippen LogP contribution in [0.3, 0.4) is 0 Å². The van der Waals surface area contributed by atoms with Crippen molar-refractivity contribution < 1.29 is 17.7 Å². The molecule has 1 aliphatic heterocycles. The van der Waals surface area contributed by atoms with Gasteiger partial charge in [0.25, 0.3) is 5.91 Å². The third kappa shape index (κ3) is 3.66. The van der Waals surface area contributed by atoms with Crippen molar-refractivity contribution in [2.75, 3.05) is 18.8 Å². The SMILES string of the molecule is CCS(=O)(=O)N[C@@H]1CC2CN(C(=O)c3ccnc(C)c3)C[C@@]2(c2nc(C)no2)C1. The lowest BCUT2D eigenvalue weighted by atomic mass is 9.80. The monoisotopic (exact) mass is 419 g/mol. The smallest absolute Gasteiger partial charge is 0.254 e. The van der Waals surface area contributed by atoms with Crippen molar-refractivity contribution >= 4 is 15.9 Å². The fourth-order valence-electron chi connectivity index (χ4n) is 4.64. The number of aryl methyl sites for hydroxylation is 2. The van der Waals surface area contributed by atoms with Crippen molar-refractivity contribution in [2.24, 2.45) is 5.92 Å². The van der Waals surface area contributed by atoms with Crippen molar-refractivity contribution in [3.05, 3.63) is 41.3 Å². The Morgan fingerprint density at radius 2 is 2.21 bits per heavy atom. The van der Waals surface area contributed by atoms with E-state index in [-0.39, 0.29) is 23.6 Å². The summed E-state index contributed by atoms with van der Waals surface area (Å²) in [4.78, 5) is 23.5. The Morgan fingerprint density at radius 1 is 1.41 bits per heavy atom. The normalized spacial score (nSPS) is 26.7. The third-order valence-corrected chi connectivity index (χ3v) is 7.44. The summed E-state index contributed by atoms with van der Waals surface area (Å²) < 4.78 is 32.5. The molecule has 1 unspecified atom stereocenters. The van der Waals surface area contributed by atoms with Crippen LogP contribution >= 0.6 is 0 Å². The fourth-order valence-corrected chi connectivity index (χ4v) is 5.50. The summed E-state index contributed by atoms with van der Waals surface area (Å²) >= 11 is 0. The van der Waals surface area contributed by atoms with Crippen molar-refractivity contribution in [2.45, 2.75) is 45.1 Å². The van der Waals surface area contributed by atoms with Gasteiger partial charge in [-0.15, -0.1) is 0 Å². The summed E-state index contributed by atoms with van der Waals surface area (Å²) in [6.07, 6.45) is 2.78. The van der Waals surface area contributed by atoms with Crippen molar-refractivity contribution in [3.8, 4) is 0 Å². The van der Waals surface area contributed by atoms with Gasteiger partial charge in [0.15, 0.2) is 5.82 Å². The van der Waals surface area contributed by atoms with E-state index in [2.05, 4.69) is 19.8 Å². The van der Waals surface area contributed by atoms with Gasteiger partial charge in [0, 0.05) is 36.6 Å². The lowest BCUT2D eigenvalue weighted by Crippen LogP contribution is -2.40. The summed E-state index contributed by atoms with van der Waals surface area (Å²) in [6, 6.07) is 3.28. The van der Waals surface area contributed by atoms with Gasteiger partial charge in [-0.1, -0.05) is 5.16 Å². The van der Waals surface area contributed by atoms with Crippen molar-refractivity contribution in [1.82, 2.24) is 24.7 Å². The van der Waals surface area contributed by atoms with Gasteiger partial charge in [-0.2, -0.15) is 4.98 Å². The van der Waals surface area contributed by atoms with Crippen LogP contribution in [0.4, 0.5) is 0 Å². The minimum absolute atomic E-state index is 0.0346. The van der Waals surface area contributed by atoms with E-state index in [0.717, 1.165) is 5.69 Å². The van der Waals surface area contributed by atoms with E-state index in [4.69, 9.17) is 4.52 Å². The minimum atomic E-state index is -3.32. The fraction of sp³-hybridized carbons (Fsp3) is 0.579. The van der Waals surface area contributed by atoms with E-state index in [1.165, 1.54) is 0 Å². The Labute approximate surface area is 169 Å². The van der Waals surface area contributed by atoms with E-state index >= 15 is 0 Å². The Bertz CT molecular complexity index is 1040. The molecular weight excluding hydrogens is 394 g/mol. The second kappa shape index (κ2) is 7.17. The van der Waals surface area contributed by atoms with E-state index < -0.39 is 15.4 Å². The number of pyridine rings is 1. The molecule has 0 spiro atoms. The molecule has 1 amide bonds. The summed E-state index contributed by atoms with van der Waals surface area (Å²) in [5.41, 5.74) is 0.837. The second-order valence-corrected chi connectivity index (χ2v) is 10.1. The molecule has 3 heterocycles. The standard InChI is InChI=1S/C19H25N5O4S/c1-4-29(26,27)23-16-8-15-10-24(17(25)14-5-6-20-12(2)7-14)11-19(15,9-16)18-21-13(3)22-28-18/h5-7,15-16,23H,4,8-11H2,1-3H3/t15?,16-,19+/m1/s1. The zero-order chi connectivity index (χ0) is 20.8. The summed E-state index contributed by atoms with van der Waals surface area (Å²) in [7, 11) is -3.32. The Kier molecular flexibility index (Phi) is 4.94. The molecule has 4 rings (SSSR count). The molecule has 156 valence electrons. The first-order valence-electron chi connectivity index (χ1n) is 9.75. The van der Waals surface area contributed by atoms with Gasteiger partial charge in [0.05, 0.1) is 11.2 Å². The molecule has 3 atom stereocenters. The highest BCUT2D eigenvalue weighted by Crippen LogP contribution is 2.50. The topological polar surface area (TPSA) is 118 Å². The Hall–Kier alpha value is -2.33. The molecule has 0 bridgehead atoms. The van der Waals surface area contributed by atoms with E-state index in [0.29, 0.717) is 43.2 Å². The number of likely N-dealkylation sites (tertiary alicyclic amines) is 1. The molecule has 29 heavy (non-hydrogen) atoms.